The van der Waals surface area contributed by atoms with E-state index < -0.39 is 23.7 Å². The summed E-state index contributed by atoms with van der Waals surface area (Å²) >= 11 is 0. The van der Waals surface area contributed by atoms with E-state index in [1.807, 2.05) is 6.92 Å². The molecule has 312 valence electrons. The smallest absolute Gasteiger partial charge is 0.550 e. The van der Waals surface area contributed by atoms with E-state index in [-0.39, 0.29) is 35.9 Å². The third-order valence-electron chi connectivity index (χ3n) is 9.54. The van der Waals surface area contributed by atoms with Gasteiger partial charge in [-0.3, -0.25) is 0 Å². The molecule has 0 fully saturated rings. The Morgan fingerprint density at radius 2 is 0.778 bits per heavy atom. The largest absolute Gasteiger partial charge is 2.00 e. The van der Waals surface area contributed by atoms with E-state index in [1.165, 1.54) is 173 Å². The zero-order valence-electron chi connectivity index (χ0n) is 35.1. The van der Waals surface area contributed by atoms with Gasteiger partial charge in [-0.25, -0.2) is 0 Å². The van der Waals surface area contributed by atoms with Gasteiger partial charge in [0.15, 0.2) is 0 Å². The van der Waals surface area contributed by atoms with Crippen molar-refractivity contribution in [2.24, 2.45) is 0 Å². The first-order chi connectivity index (χ1) is 25.6. The average molecular weight is 780 g/mol. The fourth-order valence-electron chi connectivity index (χ4n) is 6.29. The van der Waals surface area contributed by atoms with Crippen molar-refractivity contribution in [3.63, 3.8) is 0 Å². The van der Waals surface area contributed by atoms with Gasteiger partial charge >= 0.3 is 29.2 Å². The minimum absolute atomic E-state index is 0. The van der Waals surface area contributed by atoms with Gasteiger partial charge in [-0.15, -0.1) is 0 Å². The molecular weight excluding hydrogens is 700 g/mol. The Labute approximate surface area is 346 Å². The summed E-state index contributed by atoms with van der Waals surface area (Å²) in [7, 11) is 0. The second kappa shape index (κ2) is 44.2. The molecule has 0 saturated carbocycles. The van der Waals surface area contributed by atoms with Crippen molar-refractivity contribution in [3.8, 4) is 0 Å². The molecular formula is C45H80F3MgNO4. The Hall–Kier alpha value is -1.48. The van der Waals surface area contributed by atoms with Crippen LogP contribution in [0.4, 0.5) is 18.9 Å². The molecule has 0 aromatic heterocycles. The number of halogens is 3. The molecule has 1 aromatic carbocycles. The Kier molecular flexibility index (Phi) is 46.6. The van der Waals surface area contributed by atoms with Crippen molar-refractivity contribution in [2.75, 3.05) is 11.9 Å². The number of carboxylic acids is 2. The Morgan fingerprint density at radius 3 is 1.02 bits per heavy atom. The van der Waals surface area contributed by atoms with E-state index in [4.69, 9.17) is 0 Å². The predicted molar refractivity (Wildman–Crippen MR) is 220 cm³/mol. The number of aliphatic carboxylic acids is 2. The van der Waals surface area contributed by atoms with Crippen molar-refractivity contribution in [1.29, 1.82) is 0 Å². The Bertz CT molecular complexity index is 888. The van der Waals surface area contributed by atoms with Gasteiger partial charge in [0.1, 0.15) is 0 Å². The van der Waals surface area contributed by atoms with Gasteiger partial charge in [0.05, 0.1) is 5.56 Å². The molecule has 0 unspecified atom stereocenters. The number of carbonyl (C=O) groups excluding carboxylic acids is 2. The van der Waals surface area contributed by atoms with Crippen LogP contribution in [0.25, 0.3) is 0 Å². The van der Waals surface area contributed by atoms with Gasteiger partial charge in [0.2, 0.25) is 0 Å². The molecule has 0 saturated heterocycles. The molecule has 0 aliphatic rings. The number of benzene rings is 1. The third kappa shape index (κ3) is 46.7. The number of rotatable bonds is 34. The molecule has 0 spiro atoms. The van der Waals surface area contributed by atoms with Gasteiger partial charge in [-0.1, -0.05) is 200 Å². The summed E-state index contributed by atoms with van der Waals surface area (Å²) in [6.45, 7) is 6.98. The van der Waals surface area contributed by atoms with Crippen LogP contribution < -0.4 is 15.5 Å². The second-order valence-electron chi connectivity index (χ2n) is 14.8. The third-order valence-corrected chi connectivity index (χ3v) is 9.54. The van der Waals surface area contributed by atoms with Crippen molar-refractivity contribution in [1.82, 2.24) is 0 Å². The van der Waals surface area contributed by atoms with E-state index in [1.54, 1.807) is 6.07 Å². The van der Waals surface area contributed by atoms with Crippen LogP contribution in [0.3, 0.4) is 0 Å². The number of hydrogen-bond donors (Lipinski definition) is 1. The normalized spacial score (nSPS) is 10.8. The molecule has 54 heavy (non-hydrogen) atoms. The fraction of sp³-hybridized carbons (Fsp3) is 0.822. The van der Waals surface area contributed by atoms with E-state index in [9.17, 15) is 33.0 Å². The number of anilines is 1. The van der Waals surface area contributed by atoms with Gasteiger partial charge in [0, 0.05) is 24.2 Å². The average Bonchev–Trinajstić information content (AvgIpc) is 3.12. The van der Waals surface area contributed by atoms with E-state index >= 15 is 0 Å². The number of alkyl halides is 3. The number of hydrogen-bond acceptors (Lipinski definition) is 5. The summed E-state index contributed by atoms with van der Waals surface area (Å²) in [4.78, 5) is 20.4. The molecule has 1 N–H and O–H groups in total. The molecule has 0 bridgehead atoms. The van der Waals surface area contributed by atoms with Crippen LogP contribution in [-0.2, 0) is 15.8 Å². The van der Waals surface area contributed by atoms with Crippen LogP contribution in [-0.4, -0.2) is 41.5 Å². The first-order valence-electron chi connectivity index (χ1n) is 21.9. The zero-order valence-corrected chi connectivity index (χ0v) is 36.5. The molecule has 5 nitrogen and oxygen atoms in total. The maximum Gasteiger partial charge on any atom is 2.00 e. The molecule has 0 aliphatic carbocycles. The van der Waals surface area contributed by atoms with Crippen LogP contribution in [0.1, 0.15) is 232 Å². The molecule has 0 heterocycles. The van der Waals surface area contributed by atoms with Crippen LogP contribution in [0.15, 0.2) is 24.3 Å². The number of carbonyl (C=O) groups is 2. The van der Waals surface area contributed by atoms with Crippen molar-refractivity contribution >= 4 is 40.7 Å². The van der Waals surface area contributed by atoms with E-state index in [0.717, 1.165) is 37.8 Å². The summed E-state index contributed by atoms with van der Waals surface area (Å²) in [6, 6.07) is 5.16. The van der Waals surface area contributed by atoms with Gasteiger partial charge in [-0.05, 0) is 50.8 Å². The molecule has 1 aromatic rings. The van der Waals surface area contributed by atoms with Crippen LogP contribution >= 0.6 is 0 Å². The summed E-state index contributed by atoms with van der Waals surface area (Å²) in [6.07, 6.45) is 35.5. The fourth-order valence-corrected chi connectivity index (χ4v) is 6.29. The summed E-state index contributed by atoms with van der Waals surface area (Å²) in [5.41, 5.74) is -0.122. The van der Waals surface area contributed by atoms with Crippen molar-refractivity contribution in [3.05, 3.63) is 29.8 Å². The van der Waals surface area contributed by atoms with Crippen LogP contribution in [0.5, 0.6) is 0 Å². The van der Waals surface area contributed by atoms with Crippen LogP contribution in [0, 0.1) is 0 Å². The molecule has 1 rings (SSSR count). The second-order valence-corrected chi connectivity index (χ2v) is 14.8. The van der Waals surface area contributed by atoms with E-state index in [2.05, 4.69) is 19.2 Å². The SMILES string of the molecule is CCCCCCCCCCCCCCCCCC(=O)[O-].CCCCCCCCCCCCCCCCCC(=O)[O-].CCNc1cccc(C(F)(F)F)c1.[Mg+2]. The monoisotopic (exact) mass is 780 g/mol. The summed E-state index contributed by atoms with van der Waals surface area (Å²) in [5.74, 6) is -1.81. The first kappa shape index (κ1) is 56.8. The van der Waals surface area contributed by atoms with Crippen LogP contribution in [0.2, 0.25) is 0 Å². The Morgan fingerprint density at radius 1 is 0.500 bits per heavy atom. The number of carboxylic acid groups (broad SMARTS) is 2. The molecule has 9 heteroatoms. The topological polar surface area (TPSA) is 92.3 Å². The van der Waals surface area contributed by atoms with Gasteiger partial charge < -0.3 is 25.1 Å². The zero-order chi connectivity index (χ0) is 39.7. The first-order valence-corrected chi connectivity index (χ1v) is 21.9. The molecule has 0 aliphatic heterocycles. The standard InChI is InChI=1S/2C18H36O2.C9H10F3N.Mg/c2*1-2-3-4-5-6-7-8-9-10-11-12-13-14-15-16-17-18(19)20;1-2-13-8-5-3-4-7(6-8)9(10,11)12;/h2*2-17H2,1H3,(H,19,20);3-6,13H,2H2,1H3;/q;;;+2/p-2. The summed E-state index contributed by atoms with van der Waals surface area (Å²) < 4.78 is 36.5. The minimum Gasteiger partial charge on any atom is -0.550 e. The molecule has 0 radical (unpaired) electrons. The van der Waals surface area contributed by atoms with Crippen molar-refractivity contribution < 1.29 is 33.0 Å². The predicted octanol–water partition coefficient (Wildman–Crippen LogP) is 12.8. The molecule has 0 atom stereocenters. The van der Waals surface area contributed by atoms with E-state index in [0.29, 0.717) is 12.2 Å². The molecule has 0 amide bonds. The van der Waals surface area contributed by atoms with Gasteiger partial charge in [0.25, 0.3) is 0 Å². The maximum absolute atomic E-state index is 12.2. The quantitative estimate of drug-likeness (QED) is 0.0555. The summed E-state index contributed by atoms with van der Waals surface area (Å²) in [5, 5.41) is 23.3. The number of unbranched alkanes of at least 4 members (excludes halogenated alkanes) is 28. The van der Waals surface area contributed by atoms with Gasteiger partial charge in [-0.2, -0.15) is 13.2 Å². The maximum atomic E-state index is 12.2. The Balaban J connectivity index is -0.000000732. The van der Waals surface area contributed by atoms with Crippen molar-refractivity contribution in [2.45, 2.75) is 232 Å². The number of nitrogens with one attached hydrogen (secondary N) is 1. The minimum atomic E-state index is -4.26.